The van der Waals surface area contributed by atoms with Gasteiger partial charge in [0.25, 0.3) is 5.69 Å². The second-order valence-electron chi connectivity index (χ2n) is 7.63. The lowest BCUT2D eigenvalue weighted by atomic mass is 10.0. The summed E-state index contributed by atoms with van der Waals surface area (Å²) in [4.78, 5) is 29.4. The molecule has 2 aromatic carbocycles. The van der Waals surface area contributed by atoms with Crippen LogP contribution in [-0.4, -0.2) is 34.1 Å². The first-order valence-corrected chi connectivity index (χ1v) is 10.2. The number of aromatic carboxylic acids is 1. The second-order valence-corrected chi connectivity index (χ2v) is 7.63. The molecule has 0 radical (unpaired) electrons. The fourth-order valence-corrected chi connectivity index (χ4v) is 4.06. The number of rotatable bonds is 6. The number of pyridine rings is 1. The van der Waals surface area contributed by atoms with Crippen LogP contribution in [0.15, 0.2) is 42.5 Å². The summed E-state index contributed by atoms with van der Waals surface area (Å²) in [5.74, 6) is -0.919. The van der Waals surface area contributed by atoms with Crippen LogP contribution in [0.4, 0.5) is 11.4 Å². The number of non-ortho nitro benzene ring substituents is 1. The Balaban J connectivity index is 1.96. The molecule has 0 amide bonds. The zero-order chi connectivity index (χ0) is 22.0. The Labute approximate surface area is 179 Å². The number of ether oxygens (including phenoxy) is 1. The molecule has 0 aliphatic carbocycles. The summed E-state index contributed by atoms with van der Waals surface area (Å²) in [6.07, 6.45) is 3.19. The molecule has 1 aliphatic rings. The van der Waals surface area contributed by atoms with E-state index in [1.54, 1.807) is 13.0 Å². The molecule has 1 fully saturated rings. The third-order valence-electron chi connectivity index (χ3n) is 5.60. The standard InChI is InChI=1S/C23H23N3O5/c1-15-20(23(27)28)24-21-18(26(29)30)11-10-17(25-12-6-3-7-13-25)19(21)22(15)31-14-16-8-4-2-5-9-16/h2,4-5,8-11H,3,6-7,12-14H2,1H3,(H,27,28). The van der Waals surface area contributed by atoms with Gasteiger partial charge in [-0.2, -0.15) is 0 Å². The summed E-state index contributed by atoms with van der Waals surface area (Å²) in [5.41, 5.74) is 1.62. The number of nitrogens with zero attached hydrogens (tertiary/aromatic N) is 3. The highest BCUT2D eigenvalue weighted by molar-refractivity contribution is 6.05. The molecule has 1 aliphatic heterocycles. The SMILES string of the molecule is Cc1c(C(=O)O)nc2c([N+](=O)[O-])ccc(N3CCCCC3)c2c1OCc1ccccc1. The average Bonchev–Trinajstić information content (AvgIpc) is 2.78. The van der Waals surface area contributed by atoms with Crippen molar-refractivity contribution < 1.29 is 19.6 Å². The fraction of sp³-hybridized carbons (Fsp3) is 0.304. The minimum absolute atomic E-state index is 0.0409. The van der Waals surface area contributed by atoms with Gasteiger partial charge in [0.15, 0.2) is 11.2 Å². The maximum atomic E-state index is 11.9. The van der Waals surface area contributed by atoms with Crippen LogP contribution < -0.4 is 9.64 Å². The van der Waals surface area contributed by atoms with Crippen molar-refractivity contribution in [3.05, 3.63) is 69.4 Å². The van der Waals surface area contributed by atoms with Crippen molar-refractivity contribution in [2.24, 2.45) is 0 Å². The van der Waals surface area contributed by atoms with Gasteiger partial charge >= 0.3 is 5.97 Å². The number of nitro benzene ring substituents is 1. The molecule has 8 nitrogen and oxygen atoms in total. The van der Waals surface area contributed by atoms with Crippen molar-refractivity contribution in [1.29, 1.82) is 0 Å². The topological polar surface area (TPSA) is 106 Å². The van der Waals surface area contributed by atoms with Crippen LogP contribution in [0.5, 0.6) is 5.75 Å². The van der Waals surface area contributed by atoms with Crippen LogP contribution in [-0.2, 0) is 6.61 Å². The normalized spacial score (nSPS) is 13.9. The van der Waals surface area contributed by atoms with Gasteiger partial charge < -0.3 is 14.7 Å². The van der Waals surface area contributed by atoms with E-state index in [0.717, 1.165) is 43.6 Å². The van der Waals surface area contributed by atoms with E-state index in [1.807, 2.05) is 30.3 Å². The van der Waals surface area contributed by atoms with Gasteiger partial charge in [-0.15, -0.1) is 0 Å². The minimum Gasteiger partial charge on any atom is -0.488 e. The molecule has 0 unspecified atom stereocenters. The Morgan fingerprint density at radius 2 is 1.87 bits per heavy atom. The van der Waals surface area contributed by atoms with Gasteiger partial charge in [0.2, 0.25) is 0 Å². The summed E-state index contributed by atoms with van der Waals surface area (Å²) in [7, 11) is 0. The zero-order valence-corrected chi connectivity index (χ0v) is 17.2. The third kappa shape index (κ3) is 4.01. The molecule has 0 spiro atoms. The second kappa shape index (κ2) is 8.59. The molecule has 4 rings (SSSR count). The maximum Gasteiger partial charge on any atom is 0.354 e. The summed E-state index contributed by atoms with van der Waals surface area (Å²) < 4.78 is 6.14. The number of hydrogen-bond donors (Lipinski definition) is 1. The van der Waals surface area contributed by atoms with Gasteiger partial charge in [-0.3, -0.25) is 10.1 Å². The molecule has 31 heavy (non-hydrogen) atoms. The lowest BCUT2D eigenvalue weighted by Gasteiger charge is -2.30. The monoisotopic (exact) mass is 421 g/mol. The number of nitro groups is 1. The highest BCUT2D eigenvalue weighted by Crippen LogP contribution is 2.42. The Morgan fingerprint density at radius 3 is 2.52 bits per heavy atom. The van der Waals surface area contributed by atoms with Crippen LogP contribution in [0.2, 0.25) is 0 Å². The van der Waals surface area contributed by atoms with E-state index >= 15 is 0 Å². The lowest BCUT2D eigenvalue weighted by molar-refractivity contribution is -0.383. The zero-order valence-electron chi connectivity index (χ0n) is 17.2. The van der Waals surface area contributed by atoms with E-state index in [9.17, 15) is 20.0 Å². The van der Waals surface area contributed by atoms with Gasteiger partial charge in [-0.1, -0.05) is 30.3 Å². The molecule has 1 saturated heterocycles. The quantitative estimate of drug-likeness (QED) is 0.453. The van der Waals surface area contributed by atoms with E-state index in [2.05, 4.69) is 9.88 Å². The van der Waals surface area contributed by atoms with Crippen LogP contribution in [0.25, 0.3) is 10.9 Å². The number of carbonyl (C=O) groups is 1. The van der Waals surface area contributed by atoms with Crippen molar-refractivity contribution in [1.82, 2.24) is 4.98 Å². The summed E-state index contributed by atoms with van der Waals surface area (Å²) in [6, 6.07) is 12.6. The molecule has 2 heterocycles. The minimum atomic E-state index is -1.25. The van der Waals surface area contributed by atoms with E-state index in [4.69, 9.17) is 4.74 Å². The molecular formula is C23H23N3O5. The first-order valence-electron chi connectivity index (χ1n) is 10.2. The summed E-state index contributed by atoms with van der Waals surface area (Å²) in [5, 5.41) is 21.9. The number of piperidine rings is 1. The predicted molar refractivity (Wildman–Crippen MR) is 117 cm³/mol. The highest BCUT2D eigenvalue weighted by Gasteiger charge is 2.27. The number of hydrogen-bond acceptors (Lipinski definition) is 6. The van der Waals surface area contributed by atoms with Gasteiger partial charge in [-0.25, -0.2) is 9.78 Å². The Morgan fingerprint density at radius 1 is 1.16 bits per heavy atom. The molecule has 1 N–H and O–H groups in total. The molecule has 160 valence electrons. The van der Waals surface area contributed by atoms with Crippen molar-refractivity contribution in [3.8, 4) is 5.75 Å². The molecule has 3 aromatic rings. The molecule has 8 heteroatoms. The number of aromatic nitrogens is 1. The Hall–Kier alpha value is -3.68. The van der Waals surface area contributed by atoms with Crippen LogP contribution >= 0.6 is 0 Å². The van der Waals surface area contributed by atoms with Gasteiger partial charge in [-0.05, 0) is 37.8 Å². The smallest absolute Gasteiger partial charge is 0.354 e. The van der Waals surface area contributed by atoms with Gasteiger partial charge in [0, 0.05) is 24.7 Å². The van der Waals surface area contributed by atoms with Crippen molar-refractivity contribution in [2.45, 2.75) is 32.8 Å². The van der Waals surface area contributed by atoms with E-state index < -0.39 is 10.9 Å². The molecule has 0 bridgehead atoms. The van der Waals surface area contributed by atoms with Crippen molar-refractivity contribution in [3.63, 3.8) is 0 Å². The predicted octanol–water partition coefficient (Wildman–Crippen LogP) is 4.72. The largest absolute Gasteiger partial charge is 0.488 e. The molecule has 0 atom stereocenters. The van der Waals surface area contributed by atoms with E-state index in [0.29, 0.717) is 16.7 Å². The average molecular weight is 421 g/mol. The Kier molecular flexibility index (Phi) is 5.70. The number of carboxylic acid groups (broad SMARTS) is 1. The van der Waals surface area contributed by atoms with E-state index in [-0.39, 0.29) is 23.5 Å². The lowest BCUT2D eigenvalue weighted by Crippen LogP contribution is -2.29. The first kappa shape index (κ1) is 20.6. The van der Waals surface area contributed by atoms with Gasteiger partial charge in [0.05, 0.1) is 16.0 Å². The third-order valence-corrected chi connectivity index (χ3v) is 5.60. The van der Waals surface area contributed by atoms with Crippen LogP contribution in [0.3, 0.4) is 0 Å². The summed E-state index contributed by atoms with van der Waals surface area (Å²) in [6.45, 7) is 3.49. The van der Waals surface area contributed by atoms with Crippen LogP contribution in [0.1, 0.15) is 40.9 Å². The highest BCUT2D eigenvalue weighted by atomic mass is 16.6. The molecular weight excluding hydrogens is 398 g/mol. The number of fused-ring (bicyclic) bond motifs is 1. The van der Waals surface area contributed by atoms with Crippen molar-refractivity contribution in [2.75, 3.05) is 18.0 Å². The first-order chi connectivity index (χ1) is 15.0. The number of carboxylic acids is 1. The number of benzene rings is 2. The molecule has 0 saturated carbocycles. The summed E-state index contributed by atoms with van der Waals surface area (Å²) >= 11 is 0. The van der Waals surface area contributed by atoms with Crippen LogP contribution in [0, 0.1) is 17.0 Å². The van der Waals surface area contributed by atoms with Gasteiger partial charge in [0.1, 0.15) is 12.4 Å². The Bertz CT molecular complexity index is 1140. The molecule has 1 aromatic heterocycles. The van der Waals surface area contributed by atoms with Crippen molar-refractivity contribution >= 4 is 28.2 Å². The number of anilines is 1. The maximum absolute atomic E-state index is 11.9. The fourth-order valence-electron chi connectivity index (χ4n) is 4.06. The van der Waals surface area contributed by atoms with E-state index in [1.165, 1.54) is 6.07 Å².